The van der Waals surface area contributed by atoms with Gasteiger partial charge < -0.3 is 5.32 Å². The summed E-state index contributed by atoms with van der Waals surface area (Å²) in [6, 6.07) is 11.5. The summed E-state index contributed by atoms with van der Waals surface area (Å²) < 4.78 is 14.0. The Morgan fingerprint density at radius 2 is 2.00 bits per heavy atom. The van der Waals surface area contributed by atoms with Crippen LogP contribution < -0.4 is 5.32 Å². The molecule has 0 aliphatic carbocycles. The molecular formula is C16H13FIN5O. The van der Waals surface area contributed by atoms with Gasteiger partial charge in [0, 0.05) is 14.8 Å². The van der Waals surface area contributed by atoms with Crippen molar-refractivity contribution in [3.8, 4) is 11.4 Å². The van der Waals surface area contributed by atoms with E-state index in [1.165, 1.54) is 16.9 Å². The Balaban J connectivity index is 1.68. The maximum Gasteiger partial charge on any atom is 0.248 e. The van der Waals surface area contributed by atoms with E-state index in [4.69, 9.17) is 0 Å². The highest BCUT2D eigenvalue weighted by Gasteiger charge is 2.10. The molecule has 2 aromatic carbocycles. The van der Waals surface area contributed by atoms with Crippen molar-refractivity contribution >= 4 is 34.2 Å². The van der Waals surface area contributed by atoms with E-state index < -0.39 is 0 Å². The summed E-state index contributed by atoms with van der Waals surface area (Å²) in [6.07, 6.45) is 0. The highest BCUT2D eigenvalue weighted by atomic mass is 127. The van der Waals surface area contributed by atoms with Crippen LogP contribution in [0.2, 0.25) is 0 Å². The maximum absolute atomic E-state index is 12.9. The van der Waals surface area contributed by atoms with Crippen LogP contribution in [-0.4, -0.2) is 26.1 Å². The van der Waals surface area contributed by atoms with Gasteiger partial charge in [0.15, 0.2) is 0 Å². The number of amides is 1. The highest BCUT2D eigenvalue weighted by molar-refractivity contribution is 14.1. The zero-order valence-electron chi connectivity index (χ0n) is 12.7. The zero-order chi connectivity index (χ0) is 17.1. The van der Waals surface area contributed by atoms with Gasteiger partial charge in [0.1, 0.15) is 12.4 Å². The maximum atomic E-state index is 12.9. The van der Waals surface area contributed by atoms with Gasteiger partial charge in [-0.25, -0.2) is 4.39 Å². The third kappa shape index (κ3) is 3.94. The number of rotatable bonds is 4. The molecule has 1 heterocycles. The van der Waals surface area contributed by atoms with E-state index in [-0.39, 0.29) is 18.3 Å². The highest BCUT2D eigenvalue weighted by Crippen LogP contribution is 2.18. The molecule has 1 amide bonds. The Bertz CT molecular complexity index is 878. The molecule has 0 unspecified atom stereocenters. The van der Waals surface area contributed by atoms with Crippen LogP contribution >= 0.6 is 22.6 Å². The van der Waals surface area contributed by atoms with E-state index >= 15 is 0 Å². The van der Waals surface area contributed by atoms with Gasteiger partial charge in [0.05, 0.1) is 0 Å². The molecular weight excluding hydrogens is 424 g/mol. The van der Waals surface area contributed by atoms with Crippen LogP contribution in [0, 0.1) is 16.3 Å². The minimum absolute atomic E-state index is 0.0559. The lowest BCUT2D eigenvalue weighted by Crippen LogP contribution is -2.21. The fourth-order valence-electron chi connectivity index (χ4n) is 2.11. The second-order valence-corrected chi connectivity index (χ2v) is 6.40. The molecule has 0 fully saturated rings. The molecule has 1 N–H and O–H groups in total. The monoisotopic (exact) mass is 437 g/mol. The number of carbonyl (C=O) groups excluding carboxylic acids is 1. The van der Waals surface area contributed by atoms with Crippen molar-refractivity contribution in [1.29, 1.82) is 0 Å². The smallest absolute Gasteiger partial charge is 0.248 e. The quantitative estimate of drug-likeness (QED) is 0.638. The zero-order valence-corrected chi connectivity index (χ0v) is 14.9. The Labute approximate surface area is 151 Å². The molecule has 8 heteroatoms. The van der Waals surface area contributed by atoms with E-state index in [0.717, 1.165) is 14.8 Å². The van der Waals surface area contributed by atoms with Crippen LogP contribution in [0.15, 0.2) is 42.5 Å². The van der Waals surface area contributed by atoms with Crippen molar-refractivity contribution in [2.75, 3.05) is 5.32 Å². The Kier molecular flexibility index (Phi) is 4.84. The third-order valence-electron chi connectivity index (χ3n) is 3.30. The number of nitrogens with one attached hydrogen (secondary N) is 1. The fourth-order valence-corrected chi connectivity index (χ4v) is 2.76. The summed E-state index contributed by atoms with van der Waals surface area (Å²) >= 11 is 2.22. The number of halogens is 2. The molecule has 0 saturated heterocycles. The molecule has 0 radical (unpaired) electrons. The molecule has 0 atom stereocenters. The van der Waals surface area contributed by atoms with E-state index in [0.29, 0.717) is 11.4 Å². The number of hydrogen-bond donors (Lipinski definition) is 1. The number of aromatic nitrogens is 4. The number of benzene rings is 2. The average Bonchev–Trinajstić information content (AvgIpc) is 2.99. The summed E-state index contributed by atoms with van der Waals surface area (Å²) in [4.78, 5) is 13.3. The Morgan fingerprint density at radius 1 is 1.25 bits per heavy atom. The van der Waals surface area contributed by atoms with Crippen LogP contribution in [-0.2, 0) is 11.3 Å². The lowest BCUT2D eigenvalue weighted by atomic mass is 10.2. The van der Waals surface area contributed by atoms with Gasteiger partial charge in [-0.15, -0.1) is 10.2 Å². The van der Waals surface area contributed by atoms with Crippen LogP contribution in [0.25, 0.3) is 11.4 Å². The van der Waals surface area contributed by atoms with Gasteiger partial charge in [-0.2, -0.15) is 4.80 Å². The summed E-state index contributed by atoms with van der Waals surface area (Å²) in [5, 5.41) is 14.7. The lowest BCUT2D eigenvalue weighted by molar-refractivity contribution is -0.117. The summed E-state index contributed by atoms with van der Waals surface area (Å²) in [5.41, 5.74) is 2.37. The molecule has 24 heavy (non-hydrogen) atoms. The van der Waals surface area contributed by atoms with Gasteiger partial charge in [-0.3, -0.25) is 4.79 Å². The molecule has 122 valence electrons. The van der Waals surface area contributed by atoms with Gasteiger partial charge in [0.2, 0.25) is 11.7 Å². The van der Waals surface area contributed by atoms with Crippen molar-refractivity contribution in [3.05, 3.63) is 57.4 Å². The first-order valence-electron chi connectivity index (χ1n) is 7.11. The largest absolute Gasteiger partial charge is 0.324 e. The van der Waals surface area contributed by atoms with Gasteiger partial charge >= 0.3 is 0 Å². The molecule has 0 aliphatic rings. The number of carbonyl (C=O) groups is 1. The predicted octanol–water partition coefficient (Wildman–Crippen LogP) is 3.03. The molecule has 6 nitrogen and oxygen atoms in total. The van der Waals surface area contributed by atoms with Crippen LogP contribution in [0.3, 0.4) is 0 Å². The third-order valence-corrected chi connectivity index (χ3v) is 3.97. The van der Waals surface area contributed by atoms with Crippen LogP contribution in [0.5, 0.6) is 0 Å². The minimum atomic E-state index is -0.335. The Morgan fingerprint density at radius 3 is 2.71 bits per heavy atom. The predicted molar refractivity (Wildman–Crippen MR) is 95.7 cm³/mol. The summed E-state index contributed by atoms with van der Waals surface area (Å²) in [7, 11) is 0. The summed E-state index contributed by atoms with van der Waals surface area (Å²) in [5.74, 6) is -0.242. The molecule has 0 spiro atoms. The van der Waals surface area contributed by atoms with Crippen LogP contribution in [0.1, 0.15) is 5.56 Å². The first kappa shape index (κ1) is 16.5. The van der Waals surface area contributed by atoms with Crippen molar-refractivity contribution < 1.29 is 9.18 Å². The summed E-state index contributed by atoms with van der Waals surface area (Å²) in [6.45, 7) is 1.87. The second-order valence-electron chi connectivity index (χ2n) is 5.16. The molecule has 0 bridgehead atoms. The van der Waals surface area contributed by atoms with E-state index in [1.807, 2.05) is 25.1 Å². The van der Waals surface area contributed by atoms with Crippen LogP contribution in [0.4, 0.5) is 10.1 Å². The Hall–Kier alpha value is -2.36. The van der Waals surface area contributed by atoms with Crippen molar-refractivity contribution in [2.24, 2.45) is 0 Å². The number of nitrogens with zero attached hydrogens (tertiary/aromatic N) is 4. The standard InChI is InChI=1S/C16H13FIN5O/c1-10-8-13(18)6-7-14(10)19-15(24)9-23-21-16(20-22-23)11-2-4-12(17)5-3-11/h2-8H,9H2,1H3,(H,19,24). The molecule has 0 saturated carbocycles. The van der Waals surface area contributed by atoms with E-state index in [1.54, 1.807) is 12.1 Å². The number of hydrogen-bond acceptors (Lipinski definition) is 4. The number of tetrazole rings is 1. The average molecular weight is 437 g/mol. The lowest BCUT2D eigenvalue weighted by Gasteiger charge is -2.08. The first-order valence-corrected chi connectivity index (χ1v) is 8.19. The topological polar surface area (TPSA) is 72.7 Å². The minimum Gasteiger partial charge on any atom is -0.324 e. The second kappa shape index (κ2) is 7.04. The molecule has 0 aliphatic heterocycles. The van der Waals surface area contributed by atoms with Gasteiger partial charge in [0.25, 0.3) is 0 Å². The SMILES string of the molecule is Cc1cc(I)ccc1NC(=O)Cn1nnc(-c2ccc(F)cc2)n1. The molecule has 3 rings (SSSR count). The first-order chi connectivity index (χ1) is 11.5. The molecule has 3 aromatic rings. The molecule has 1 aromatic heterocycles. The van der Waals surface area contributed by atoms with Gasteiger partial charge in [-0.05, 0) is 82.8 Å². The number of anilines is 1. The van der Waals surface area contributed by atoms with Crippen molar-refractivity contribution in [2.45, 2.75) is 13.5 Å². The fraction of sp³-hybridized carbons (Fsp3) is 0.125. The van der Waals surface area contributed by atoms with Gasteiger partial charge in [-0.1, -0.05) is 0 Å². The number of aryl methyl sites for hydroxylation is 1. The van der Waals surface area contributed by atoms with E-state index in [2.05, 4.69) is 43.3 Å². The van der Waals surface area contributed by atoms with Crippen molar-refractivity contribution in [3.63, 3.8) is 0 Å². The van der Waals surface area contributed by atoms with Crippen molar-refractivity contribution in [1.82, 2.24) is 20.2 Å². The van der Waals surface area contributed by atoms with E-state index in [9.17, 15) is 9.18 Å². The normalized spacial score (nSPS) is 10.6.